The third-order valence-electron chi connectivity index (χ3n) is 3.10. The molecule has 0 aromatic carbocycles. The fourth-order valence-corrected chi connectivity index (χ4v) is 2.22. The van der Waals surface area contributed by atoms with Crippen molar-refractivity contribution in [2.24, 2.45) is 5.84 Å². The van der Waals surface area contributed by atoms with Gasteiger partial charge in [0.1, 0.15) is 18.0 Å². The lowest BCUT2D eigenvalue weighted by atomic mass is 10.0. The van der Waals surface area contributed by atoms with Gasteiger partial charge in [-0.15, -0.1) is 0 Å². The summed E-state index contributed by atoms with van der Waals surface area (Å²) in [7, 11) is 0. The summed E-state index contributed by atoms with van der Waals surface area (Å²) < 4.78 is 5.46. The SMILES string of the molecule is CC(C)c1c(NN)ncnc1NC1CCCOC1. The molecule has 100 valence electrons. The Hall–Kier alpha value is -1.40. The lowest BCUT2D eigenvalue weighted by Crippen LogP contribution is -2.31. The normalized spacial score (nSPS) is 19.9. The molecule has 1 saturated heterocycles. The van der Waals surface area contributed by atoms with Gasteiger partial charge in [-0.25, -0.2) is 15.8 Å². The highest BCUT2D eigenvalue weighted by Gasteiger charge is 2.19. The Morgan fingerprint density at radius 1 is 1.39 bits per heavy atom. The summed E-state index contributed by atoms with van der Waals surface area (Å²) in [5, 5.41) is 3.43. The number of hydrogen-bond donors (Lipinski definition) is 3. The molecule has 18 heavy (non-hydrogen) atoms. The monoisotopic (exact) mass is 251 g/mol. The maximum Gasteiger partial charge on any atom is 0.148 e. The average molecular weight is 251 g/mol. The maximum atomic E-state index is 5.50. The average Bonchev–Trinajstić information content (AvgIpc) is 2.39. The van der Waals surface area contributed by atoms with Crippen LogP contribution in [0, 0.1) is 0 Å². The minimum absolute atomic E-state index is 0.296. The van der Waals surface area contributed by atoms with E-state index in [1.165, 1.54) is 6.33 Å². The molecule has 1 atom stereocenters. The molecule has 6 nitrogen and oxygen atoms in total. The second kappa shape index (κ2) is 5.97. The Morgan fingerprint density at radius 3 is 2.78 bits per heavy atom. The third kappa shape index (κ3) is 2.88. The van der Waals surface area contributed by atoms with E-state index < -0.39 is 0 Å². The van der Waals surface area contributed by atoms with Crippen LogP contribution >= 0.6 is 0 Å². The molecule has 0 spiro atoms. The molecule has 1 aliphatic rings. The first kappa shape index (κ1) is 13.0. The van der Waals surface area contributed by atoms with E-state index in [1.54, 1.807) is 0 Å². The zero-order chi connectivity index (χ0) is 13.0. The molecule has 1 unspecified atom stereocenters. The fraction of sp³-hybridized carbons (Fsp3) is 0.667. The first-order valence-electron chi connectivity index (χ1n) is 6.38. The summed E-state index contributed by atoms with van der Waals surface area (Å²) in [6.07, 6.45) is 3.71. The van der Waals surface area contributed by atoms with E-state index in [4.69, 9.17) is 10.6 Å². The van der Waals surface area contributed by atoms with Crippen molar-refractivity contribution in [3.05, 3.63) is 11.9 Å². The molecule has 4 N–H and O–H groups in total. The molecule has 1 aromatic heterocycles. The molecule has 6 heteroatoms. The summed E-state index contributed by atoms with van der Waals surface area (Å²) >= 11 is 0. The molecule has 0 saturated carbocycles. The lowest BCUT2D eigenvalue weighted by molar-refractivity contribution is 0.0875. The molecule has 1 aliphatic heterocycles. The molecule has 2 heterocycles. The largest absolute Gasteiger partial charge is 0.379 e. The summed E-state index contributed by atoms with van der Waals surface area (Å²) in [5.41, 5.74) is 3.65. The fourth-order valence-electron chi connectivity index (χ4n) is 2.22. The quantitative estimate of drug-likeness (QED) is 0.555. The topological polar surface area (TPSA) is 85.1 Å². The van der Waals surface area contributed by atoms with Crippen molar-refractivity contribution < 1.29 is 4.74 Å². The van der Waals surface area contributed by atoms with Crippen molar-refractivity contribution in [3.63, 3.8) is 0 Å². The second-order valence-corrected chi connectivity index (χ2v) is 4.84. The molecule has 0 aliphatic carbocycles. The first-order valence-corrected chi connectivity index (χ1v) is 6.38. The number of aromatic nitrogens is 2. The zero-order valence-corrected chi connectivity index (χ0v) is 10.9. The second-order valence-electron chi connectivity index (χ2n) is 4.84. The Kier molecular flexibility index (Phi) is 4.33. The van der Waals surface area contributed by atoms with E-state index in [0.29, 0.717) is 17.8 Å². The standard InChI is InChI=1S/C12H21N5O/c1-8(2)10-11(14-7-15-12(10)17-13)16-9-4-3-5-18-6-9/h7-9H,3-6,13H2,1-2H3,(H2,14,15,16,17). The maximum absolute atomic E-state index is 5.50. The van der Waals surface area contributed by atoms with Gasteiger partial charge in [0.2, 0.25) is 0 Å². The highest BCUT2D eigenvalue weighted by atomic mass is 16.5. The number of hydrogen-bond acceptors (Lipinski definition) is 6. The third-order valence-corrected chi connectivity index (χ3v) is 3.10. The van der Waals surface area contributed by atoms with Crippen LogP contribution in [-0.4, -0.2) is 29.2 Å². The minimum atomic E-state index is 0.296. The van der Waals surface area contributed by atoms with Crippen LogP contribution in [0.25, 0.3) is 0 Å². The summed E-state index contributed by atoms with van der Waals surface area (Å²) in [6.45, 7) is 5.78. The van der Waals surface area contributed by atoms with Crippen LogP contribution in [0.1, 0.15) is 38.2 Å². The van der Waals surface area contributed by atoms with Crippen LogP contribution in [0.4, 0.5) is 11.6 Å². The predicted octanol–water partition coefficient (Wildman–Crippen LogP) is 1.48. The van der Waals surface area contributed by atoms with Crippen molar-refractivity contribution in [3.8, 4) is 0 Å². The molecule has 0 radical (unpaired) electrons. The van der Waals surface area contributed by atoms with Gasteiger partial charge in [-0.3, -0.25) is 0 Å². The van der Waals surface area contributed by atoms with E-state index in [0.717, 1.165) is 37.4 Å². The van der Waals surface area contributed by atoms with Crippen molar-refractivity contribution in [2.75, 3.05) is 24.0 Å². The number of nitrogen functional groups attached to an aromatic ring is 1. The highest BCUT2D eigenvalue weighted by Crippen LogP contribution is 2.28. The number of nitrogens with zero attached hydrogens (tertiary/aromatic N) is 2. The Morgan fingerprint density at radius 2 is 2.17 bits per heavy atom. The van der Waals surface area contributed by atoms with Gasteiger partial charge in [0.15, 0.2) is 0 Å². The zero-order valence-electron chi connectivity index (χ0n) is 10.9. The number of hydrazine groups is 1. The summed E-state index contributed by atoms with van der Waals surface area (Å²) in [5.74, 6) is 7.32. The number of ether oxygens (including phenoxy) is 1. The molecule has 2 rings (SSSR count). The van der Waals surface area contributed by atoms with Gasteiger partial charge < -0.3 is 15.5 Å². The van der Waals surface area contributed by atoms with E-state index in [2.05, 4.69) is 34.6 Å². The van der Waals surface area contributed by atoms with Gasteiger partial charge >= 0.3 is 0 Å². The molecule has 0 bridgehead atoms. The van der Waals surface area contributed by atoms with Crippen LogP contribution in [-0.2, 0) is 4.74 Å². The number of anilines is 2. The smallest absolute Gasteiger partial charge is 0.148 e. The first-order chi connectivity index (χ1) is 8.72. The van der Waals surface area contributed by atoms with Gasteiger partial charge in [-0.1, -0.05) is 13.8 Å². The van der Waals surface area contributed by atoms with Crippen molar-refractivity contribution in [1.82, 2.24) is 9.97 Å². The predicted molar refractivity (Wildman–Crippen MR) is 71.4 cm³/mol. The van der Waals surface area contributed by atoms with Crippen molar-refractivity contribution in [2.45, 2.75) is 38.6 Å². The van der Waals surface area contributed by atoms with Crippen LogP contribution in [0.15, 0.2) is 6.33 Å². The van der Waals surface area contributed by atoms with Gasteiger partial charge in [0.05, 0.1) is 12.6 Å². The highest BCUT2D eigenvalue weighted by molar-refractivity contribution is 5.58. The Balaban J connectivity index is 2.20. The van der Waals surface area contributed by atoms with Gasteiger partial charge in [-0.2, -0.15) is 0 Å². The van der Waals surface area contributed by atoms with Crippen molar-refractivity contribution >= 4 is 11.6 Å². The van der Waals surface area contributed by atoms with E-state index in [1.807, 2.05) is 0 Å². The number of nitrogens with one attached hydrogen (secondary N) is 2. The molecular weight excluding hydrogens is 230 g/mol. The van der Waals surface area contributed by atoms with Gasteiger partial charge in [0.25, 0.3) is 0 Å². The van der Waals surface area contributed by atoms with E-state index in [-0.39, 0.29) is 0 Å². The Labute approximate surface area is 107 Å². The van der Waals surface area contributed by atoms with Gasteiger partial charge in [0, 0.05) is 12.2 Å². The Bertz CT molecular complexity index is 390. The van der Waals surface area contributed by atoms with Crippen molar-refractivity contribution in [1.29, 1.82) is 0 Å². The lowest BCUT2D eigenvalue weighted by Gasteiger charge is -2.25. The molecular formula is C12H21N5O. The van der Waals surface area contributed by atoms with E-state index in [9.17, 15) is 0 Å². The van der Waals surface area contributed by atoms with Crippen LogP contribution in [0.5, 0.6) is 0 Å². The number of rotatable bonds is 4. The molecule has 1 fully saturated rings. The van der Waals surface area contributed by atoms with E-state index >= 15 is 0 Å². The van der Waals surface area contributed by atoms with Crippen LogP contribution < -0.4 is 16.6 Å². The minimum Gasteiger partial charge on any atom is -0.379 e. The summed E-state index contributed by atoms with van der Waals surface area (Å²) in [4.78, 5) is 8.48. The number of nitrogens with two attached hydrogens (primary N) is 1. The molecule has 1 aromatic rings. The van der Waals surface area contributed by atoms with Crippen LogP contribution in [0.3, 0.4) is 0 Å². The van der Waals surface area contributed by atoms with Gasteiger partial charge in [-0.05, 0) is 18.8 Å². The van der Waals surface area contributed by atoms with Crippen LogP contribution in [0.2, 0.25) is 0 Å². The summed E-state index contributed by atoms with van der Waals surface area (Å²) in [6, 6.07) is 0.316. The molecule has 0 amide bonds.